The van der Waals surface area contributed by atoms with Crippen molar-refractivity contribution < 1.29 is 9.18 Å². The summed E-state index contributed by atoms with van der Waals surface area (Å²) in [5.74, 6) is -0.379. The number of halogens is 1. The molecule has 2 aromatic rings. The van der Waals surface area contributed by atoms with Gasteiger partial charge in [-0.1, -0.05) is 18.2 Å². The zero-order valence-corrected chi connectivity index (χ0v) is 11.0. The SMILES string of the molecule is O=C(NCCc1cnc[nH]1)C1(c2ccccc2F)CC1. The zero-order valence-electron chi connectivity index (χ0n) is 11.0. The molecule has 20 heavy (non-hydrogen) atoms. The first-order valence-corrected chi connectivity index (χ1v) is 6.73. The molecule has 2 N–H and O–H groups in total. The molecule has 3 rings (SSSR count). The number of rotatable bonds is 5. The molecule has 1 amide bonds. The van der Waals surface area contributed by atoms with E-state index in [-0.39, 0.29) is 11.7 Å². The number of nitrogens with zero attached hydrogens (tertiary/aromatic N) is 1. The van der Waals surface area contributed by atoms with Crippen molar-refractivity contribution in [1.29, 1.82) is 0 Å². The van der Waals surface area contributed by atoms with Crippen LogP contribution < -0.4 is 5.32 Å². The molecule has 1 saturated carbocycles. The molecule has 0 spiro atoms. The van der Waals surface area contributed by atoms with Crippen LogP contribution in [0.2, 0.25) is 0 Å². The van der Waals surface area contributed by atoms with Crippen molar-refractivity contribution in [2.75, 3.05) is 6.54 Å². The fraction of sp³-hybridized carbons (Fsp3) is 0.333. The van der Waals surface area contributed by atoms with Gasteiger partial charge in [0, 0.05) is 30.4 Å². The molecule has 0 unspecified atom stereocenters. The molecule has 1 heterocycles. The van der Waals surface area contributed by atoms with E-state index in [1.807, 2.05) is 0 Å². The summed E-state index contributed by atoms with van der Waals surface area (Å²) < 4.78 is 13.8. The van der Waals surface area contributed by atoms with Gasteiger partial charge >= 0.3 is 0 Å². The summed E-state index contributed by atoms with van der Waals surface area (Å²) in [4.78, 5) is 19.2. The molecule has 0 atom stereocenters. The summed E-state index contributed by atoms with van der Waals surface area (Å²) in [6.07, 6.45) is 5.46. The van der Waals surface area contributed by atoms with Gasteiger partial charge in [-0.25, -0.2) is 9.37 Å². The molecule has 4 nitrogen and oxygen atoms in total. The maximum atomic E-state index is 13.8. The largest absolute Gasteiger partial charge is 0.355 e. The Morgan fingerprint density at radius 1 is 1.40 bits per heavy atom. The van der Waals surface area contributed by atoms with E-state index < -0.39 is 5.41 Å². The Labute approximate surface area is 116 Å². The molecular formula is C15H16FN3O. The molecule has 1 aliphatic carbocycles. The third-order valence-corrected chi connectivity index (χ3v) is 3.81. The van der Waals surface area contributed by atoms with Gasteiger partial charge in [-0.3, -0.25) is 4.79 Å². The van der Waals surface area contributed by atoms with E-state index in [2.05, 4.69) is 15.3 Å². The second kappa shape index (κ2) is 5.07. The molecule has 0 saturated heterocycles. The third kappa shape index (κ3) is 2.31. The average Bonchev–Trinajstić information content (AvgIpc) is 3.09. The minimum atomic E-state index is -0.653. The number of amides is 1. The molecule has 0 aliphatic heterocycles. The smallest absolute Gasteiger partial charge is 0.230 e. The number of carbonyl (C=O) groups is 1. The second-order valence-corrected chi connectivity index (χ2v) is 5.14. The van der Waals surface area contributed by atoms with Crippen molar-refractivity contribution in [1.82, 2.24) is 15.3 Å². The van der Waals surface area contributed by atoms with Gasteiger partial charge in [0.25, 0.3) is 0 Å². The Morgan fingerprint density at radius 2 is 2.20 bits per heavy atom. The summed E-state index contributed by atoms with van der Waals surface area (Å²) in [6, 6.07) is 6.53. The fourth-order valence-electron chi connectivity index (χ4n) is 2.49. The van der Waals surface area contributed by atoms with Crippen molar-refractivity contribution in [2.45, 2.75) is 24.7 Å². The number of aromatic nitrogens is 2. The van der Waals surface area contributed by atoms with Crippen LogP contribution in [0.3, 0.4) is 0 Å². The lowest BCUT2D eigenvalue weighted by Crippen LogP contribution is -2.36. The normalized spacial score (nSPS) is 15.8. The Bertz CT molecular complexity index is 605. The highest BCUT2D eigenvalue weighted by atomic mass is 19.1. The van der Waals surface area contributed by atoms with Gasteiger partial charge in [-0.15, -0.1) is 0 Å². The van der Waals surface area contributed by atoms with Gasteiger partial charge in [-0.05, 0) is 18.9 Å². The predicted molar refractivity (Wildman–Crippen MR) is 72.6 cm³/mol. The second-order valence-electron chi connectivity index (χ2n) is 5.14. The van der Waals surface area contributed by atoms with Gasteiger partial charge in [0.1, 0.15) is 5.82 Å². The summed E-state index contributed by atoms with van der Waals surface area (Å²) in [6.45, 7) is 0.525. The molecule has 104 valence electrons. The Hall–Kier alpha value is -2.17. The highest BCUT2D eigenvalue weighted by molar-refractivity contribution is 5.91. The van der Waals surface area contributed by atoms with E-state index in [0.29, 0.717) is 31.4 Å². The van der Waals surface area contributed by atoms with Crippen molar-refractivity contribution in [3.63, 3.8) is 0 Å². The molecule has 1 aliphatic rings. The van der Waals surface area contributed by atoms with E-state index >= 15 is 0 Å². The lowest BCUT2D eigenvalue weighted by atomic mass is 9.94. The zero-order chi connectivity index (χ0) is 14.0. The molecular weight excluding hydrogens is 257 g/mol. The van der Waals surface area contributed by atoms with E-state index in [1.165, 1.54) is 6.07 Å². The maximum absolute atomic E-state index is 13.8. The van der Waals surface area contributed by atoms with Crippen LogP contribution in [0.4, 0.5) is 4.39 Å². The van der Waals surface area contributed by atoms with Crippen LogP contribution in [-0.2, 0) is 16.6 Å². The van der Waals surface area contributed by atoms with Crippen LogP contribution >= 0.6 is 0 Å². The van der Waals surface area contributed by atoms with Crippen LogP contribution in [-0.4, -0.2) is 22.4 Å². The van der Waals surface area contributed by atoms with Crippen LogP contribution in [0.15, 0.2) is 36.8 Å². The number of hydrogen-bond acceptors (Lipinski definition) is 2. The molecule has 0 radical (unpaired) electrons. The first kappa shape index (κ1) is 12.8. The number of imidazole rings is 1. The van der Waals surface area contributed by atoms with Crippen LogP contribution in [0.5, 0.6) is 0 Å². The van der Waals surface area contributed by atoms with Gasteiger partial charge in [0.05, 0.1) is 11.7 Å². The minimum Gasteiger partial charge on any atom is -0.355 e. The Morgan fingerprint density at radius 3 is 2.85 bits per heavy atom. The van der Waals surface area contributed by atoms with Gasteiger partial charge < -0.3 is 10.3 Å². The summed E-state index contributed by atoms with van der Waals surface area (Å²) in [7, 11) is 0. The topological polar surface area (TPSA) is 57.8 Å². The number of hydrogen-bond donors (Lipinski definition) is 2. The molecule has 1 aromatic heterocycles. The Balaban J connectivity index is 1.63. The molecule has 1 fully saturated rings. The summed E-state index contributed by atoms with van der Waals surface area (Å²) >= 11 is 0. The highest BCUT2D eigenvalue weighted by Gasteiger charge is 2.52. The Kier molecular flexibility index (Phi) is 3.26. The molecule has 1 aromatic carbocycles. The third-order valence-electron chi connectivity index (χ3n) is 3.81. The lowest BCUT2D eigenvalue weighted by molar-refractivity contribution is -0.123. The number of carbonyl (C=O) groups excluding carboxylic acids is 1. The fourth-order valence-corrected chi connectivity index (χ4v) is 2.49. The first-order chi connectivity index (χ1) is 9.72. The summed E-state index contributed by atoms with van der Waals surface area (Å²) in [5, 5.41) is 2.90. The molecule has 0 bridgehead atoms. The first-order valence-electron chi connectivity index (χ1n) is 6.73. The van der Waals surface area contributed by atoms with Crippen molar-refractivity contribution in [2.24, 2.45) is 0 Å². The van der Waals surface area contributed by atoms with E-state index in [4.69, 9.17) is 0 Å². The number of nitrogens with one attached hydrogen (secondary N) is 2. The van der Waals surface area contributed by atoms with Crippen molar-refractivity contribution in [3.8, 4) is 0 Å². The minimum absolute atomic E-state index is 0.0814. The quantitative estimate of drug-likeness (QED) is 0.874. The maximum Gasteiger partial charge on any atom is 0.230 e. The van der Waals surface area contributed by atoms with E-state index in [9.17, 15) is 9.18 Å². The molecule has 5 heteroatoms. The van der Waals surface area contributed by atoms with Crippen LogP contribution in [0, 0.1) is 5.82 Å². The standard InChI is InChI=1S/C15H16FN3O/c16-13-4-2-1-3-12(13)15(6-7-15)14(20)18-8-5-11-9-17-10-19-11/h1-4,9-10H,5-8H2,(H,17,19)(H,18,20). The van der Waals surface area contributed by atoms with E-state index in [0.717, 1.165) is 5.69 Å². The van der Waals surface area contributed by atoms with Gasteiger partial charge in [0.15, 0.2) is 0 Å². The van der Waals surface area contributed by atoms with Gasteiger partial charge in [0.2, 0.25) is 5.91 Å². The lowest BCUT2D eigenvalue weighted by Gasteiger charge is -2.16. The summed E-state index contributed by atoms with van der Waals surface area (Å²) in [5.41, 5.74) is 0.833. The van der Waals surface area contributed by atoms with Crippen molar-refractivity contribution in [3.05, 3.63) is 53.9 Å². The van der Waals surface area contributed by atoms with Crippen LogP contribution in [0.1, 0.15) is 24.1 Å². The monoisotopic (exact) mass is 273 g/mol. The van der Waals surface area contributed by atoms with Crippen LogP contribution in [0.25, 0.3) is 0 Å². The highest BCUT2D eigenvalue weighted by Crippen LogP contribution is 2.49. The van der Waals surface area contributed by atoms with Gasteiger partial charge in [-0.2, -0.15) is 0 Å². The van der Waals surface area contributed by atoms with E-state index in [1.54, 1.807) is 30.7 Å². The number of benzene rings is 1. The predicted octanol–water partition coefficient (Wildman–Crippen LogP) is 1.94. The van der Waals surface area contributed by atoms with Crippen molar-refractivity contribution >= 4 is 5.91 Å². The average molecular weight is 273 g/mol. The number of H-pyrrole nitrogens is 1. The number of aromatic amines is 1.